The van der Waals surface area contributed by atoms with E-state index in [1.807, 2.05) is 25.1 Å². The van der Waals surface area contributed by atoms with Crippen LogP contribution in [0.3, 0.4) is 0 Å². The molecule has 1 atom stereocenters. The van der Waals surface area contributed by atoms with Gasteiger partial charge in [-0.05, 0) is 49.7 Å². The lowest BCUT2D eigenvalue weighted by Crippen LogP contribution is -2.28. The summed E-state index contributed by atoms with van der Waals surface area (Å²) in [5, 5.41) is 14.3. The number of aromatic amines is 1. The van der Waals surface area contributed by atoms with Crippen molar-refractivity contribution in [2.24, 2.45) is 0 Å². The first kappa shape index (κ1) is 17.2. The summed E-state index contributed by atoms with van der Waals surface area (Å²) in [6, 6.07) is 12.1. The number of carbonyl (C=O) groups excluding carboxylic acids is 1. The van der Waals surface area contributed by atoms with Crippen LogP contribution in [0.4, 0.5) is 11.4 Å². The number of hydrogen-bond donors (Lipinski definition) is 3. The number of rotatable bonds is 3. The maximum absolute atomic E-state index is 12.8. The summed E-state index contributed by atoms with van der Waals surface area (Å²) in [6.07, 6.45) is 1.98. The Bertz CT molecular complexity index is 1200. The first-order valence-electron chi connectivity index (χ1n) is 9.29. The second-order valence-electron chi connectivity index (χ2n) is 7.26. The van der Waals surface area contributed by atoms with E-state index < -0.39 is 6.10 Å². The lowest BCUT2D eigenvalue weighted by Gasteiger charge is -2.13. The Morgan fingerprint density at radius 1 is 1.32 bits per heavy atom. The third kappa shape index (κ3) is 3.02. The first-order chi connectivity index (χ1) is 13.6. The van der Waals surface area contributed by atoms with E-state index in [0.717, 1.165) is 38.2 Å². The summed E-state index contributed by atoms with van der Waals surface area (Å²) in [5.74, 6) is -0.0327. The number of aliphatic hydroxyl groups is 1. The third-order valence-corrected chi connectivity index (χ3v) is 6.25. The summed E-state index contributed by atoms with van der Waals surface area (Å²) in [6.45, 7) is 3.05. The van der Waals surface area contributed by atoms with Gasteiger partial charge in [0.15, 0.2) is 0 Å². The second kappa shape index (κ2) is 6.61. The molecule has 7 heteroatoms. The van der Waals surface area contributed by atoms with Crippen LogP contribution in [0, 0.1) is 6.92 Å². The molecule has 6 nitrogen and oxygen atoms in total. The molecule has 1 fully saturated rings. The Kier molecular flexibility index (Phi) is 4.07. The zero-order valence-corrected chi connectivity index (χ0v) is 16.2. The van der Waals surface area contributed by atoms with Crippen LogP contribution in [-0.4, -0.2) is 45.1 Å². The van der Waals surface area contributed by atoms with Crippen molar-refractivity contribution in [1.82, 2.24) is 14.9 Å². The number of pyridine rings is 1. The number of aromatic nitrogens is 2. The zero-order chi connectivity index (χ0) is 19.3. The van der Waals surface area contributed by atoms with Crippen LogP contribution in [0.1, 0.15) is 21.8 Å². The van der Waals surface area contributed by atoms with Crippen molar-refractivity contribution >= 4 is 49.7 Å². The predicted molar refractivity (Wildman–Crippen MR) is 112 cm³/mol. The van der Waals surface area contributed by atoms with E-state index in [-0.39, 0.29) is 5.91 Å². The molecule has 0 bridgehead atoms. The quantitative estimate of drug-likeness (QED) is 0.492. The zero-order valence-electron chi connectivity index (χ0n) is 15.4. The van der Waals surface area contributed by atoms with E-state index in [0.29, 0.717) is 24.4 Å². The maximum Gasteiger partial charge on any atom is 0.264 e. The minimum Gasteiger partial charge on any atom is -0.391 e. The molecule has 1 aliphatic heterocycles. The van der Waals surface area contributed by atoms with E-state index in [9.17, 15) is 9.90 Å². The van der Waals surface area contributed by atoms with Crippen molar-refractivity contribution in [2.45, 2.75) is 19.4 Å². The van der Waals surface area contributed by atoms with Crippen molar-refractivity contribution in [3.63, 3.8) is 0 Å². The van der Waals surface area contributed by atoms with Gasteiger partial charge in [0.05, 0.1) is 26.9 Å². The number of β-amino-alcohol motifs (C(OH)–C–C–N with tert-alkyl or cyclic N) is 1. The fourth-order valence-corrected chi connectivity index (χ4v) is 4.79. The first-order valence-corrected chi connectivity index (χ1v) is 10.1. The molecule has 4 heterocycles. The van der Waals surface area contributed by atoms with Gasteiger partial charge >= 0.3 is 0 Å². The highest BCUT2D eigenvalue weighted by Crippen LogP contribution is 2.34. The summed E-state index contributed by atoms with van der Waals surface area (Å²) < 4.78 is 0.955. The number of amides is 1. The van der Waals surface area contributed by atoms with Crippen LogP contribution in [-0.2, 0) is 0 Å². The average Bonchev–Trinajstić information content (AvgIpc) is 3.38. The number of anilines is 2. The normalized spacial score (nSPS) is 16.9. The Morgan fingerprint density at radius 3 is 3.04 bits per heavy atom. The van der Waals surface area contributed by atoms with Crippen LogP contribution >= 0.6 is 11.3 Å². The van der Waals surface area contributed by atoms with Gasteiger partial charge in [0.25, 0.3) is 5.91 Å². The van der Waals surface area contributed by atoms with Crippen LogP contribution in [0.5, 0.6) is 0 Å². The lowest BCUT2D eigenvalue weighted by atomic mass is 10.2. The number of hydrogen-bond acceptors (Lipinski definition) is 5. The van der Waals surface area contributed by atoms with Gasteiger partial charge in [-0.15, -0.1) is 11.3 Å². The van der Waals surface area contributed by atoms with Crippen LogP contribution in [0.2, 0.25) is 0 Å². The smallest absolute Gasteiger partial charge is 0.264 e. The van der Waals surface area contributed by atoms with E-state index in [1.54, 1.807) is 11.1 Å². The molecule has 28 heavy (non-hydrogen) atoms. The number of nitrogens with zero attached hydrogens (tertiary/aromatic N) is 2. The van der Waals surface area contributed by atoms with Gasteiger partial charge in [-0.2, -0.15) is 0 Å². The van der Waals surface area contributed by atoms with Gasteiger partial charge in [0.2, 0.25) is 0 Å². The third-order valence-electron chi connectivity index (χ3n) is 5.11. The molecule has 0 aliphatic carbocycles. The summed E-state index contributed by atoms with van der Waals surface area (Å²) in [4.78, 5) is 22.9. The molecule has 4 aromatic rings. The van der Waals surface area contributed by atoms with Gasteiger partial charge in [-0.1, -0.05) is 0 Å². The van der Waals surface area contributed by atoms with Crippen LogP contribution in [0.15, 0.2) is 42.6 Å². The molecule has 1 amide bonds. The number of H-pyrrole nitrogens is 1. The highest BCUT2D eigenvalue weighted by molar-refractivity contribution is 7.21. The van der Waals surface area contributed by atoms with Gasteiger partial charge in [0.1, 0.15) is 0 Å². The molecule has 0 saturated carbocycles. The molecule has 5 rings (SSSR count). The monoisotopic (exact) mass is 392 g/mol. The van der Waals surface area contributed by atoms with Gasteiger partial charge < -0.3 is 20.3 Å². The Labute approximate surface area is 165 Å². The number of fused-ring (bicyclic) bond motifs is 2. The van der Waals surface area contributed by atoms with E-state index in [4.69, 9.17) is 0 Å². The molecule has 1 aromatic carbocycles. The van der Waals surface area contributed by atoms with E-state index in [2.05, 4.69) is 33.5 Å². The second-order valence-corrected chi connectivity index (χ2v) is 8.31. The van der Waals surface area contributed by atoms with Crippen LogP contribution in [0.25, 0.3) is 21.1 Å². The van der Waals surface area contributed by atoms with Gasteiger partial charge in [0, 0.05) is 41.6 Å². The summed E-state index contributed by atoms with van der Waals surface area (Å²) in [7, 11) is 0. The largest absolute Gasteiger partial charge is 0.391 e. The highest BCUT2D eigenvalue weighted by Gasteiger charge is 2.26. The molecular weight excluding hydrogens is 372 g/mol. The van der Waals surface area contributed by atoms with E-state index in [1.165, 1.54) is 11.3 Å². The summed E-state index contributed by atoms with van der Waals surface area (Å²) >= 11 is 1.44. The lowest BCUT2D eigenvalue weighted by molar-refractivity contribution is 0.0770. The number of likely N-dealkylation sites (tertiary alicyclic amines) is 1. The molecule has 3 aromatic heterocycles. The minimum absolute atomic E-state index is 0.0327. The highest BCUT2D eigenvalue weighted by atomic mass is 32.1. The molecule has 142 valence electrons. The molecule has 1 unspecified atom stereocenters. The number of carbonyl (C=O) groups is 1. The molecule has 3 N–H and O–H groups in total. The van der Waals surface area contributed by atoms with E-state index >= 15 is 0 Å². The van der Waals surface area contributed by atoms with Crippen molar-refractivity contribution in [2.75, 3.05) is 18.4 Å². The van der Waals surface area contributed by atoms with Crippen molar-refractivity contribution in [3.8, 4) is 0 Å². The number of benzene rings is 1. The van der Waals surface area contributed by atoms with Crippen molar-refractivity contribution in [1.29, 1.82) is 0 Å². The molecular formula is C21H20N4O2S. The molecule has 0 radical (unpaired) electrons. The number of thiophene rings is 1. The fourth-order valence-electron chi connectivity index (χ4n) is 3.74. The fraction of sp³-hybridized carbons (Fsp3) is 0.238. The van der Waals surface area contributed by atoms with Crippen LogP contribution < -0.4 is 5.32 Å². The Hall–Kier alpha value is -2.90. The van der Waals surface area contributed by atoms with Gasteiger partial charge in [-0.3, -0.25) is 9.78 Å². The van der Waals surface area contributed by atoms with Crippen molar-refractivity contribution < 1.29 is 9.90 Å². The van der Waals surface area contributed by atoms with Crippen molar-refractivity contribution in [3.05, 3.63) is 53.2 Å². The maximum atomic E-state index is 12.8. The molecule has 0 spiro atoms. The SMILES string of the molecule is Cc1cc2cc(Nc3ccnc4cc(C(=O)N5CCC(O)C5)sc34)ccc2[nH]1. The molecule has 1 aliphatic rings. The van der Waals surface area contributed by atoms with Gasteiger partial charge in [-0.25, -0.2) is 0 Å². The molecule has 1 saturated heterocycles. The Morgan fingerprint density at radius 2 is 2.21 bits per heavy atom. The average molecular weight is 392 g/mol. The number of aliphatic hydroxyl groups excluding tert-OH is 1. The summed E-state index contributed by atoms with van der Waals surface area (Å²) in [5.41, 5.74) is 4.97. The minimum atomic E-state index is -0.416. The number of nitrogens with one attached hydrogen (secondary N) is 2. The standard InChI is InChI=1S/C21H20N4O2S/c1-12-8-13-9-14(2-3-16(13)23-12)24-17-4-6-22-18-10-19(28-20(17)18)21(27)25-7-5-15(26)11-25/h2-4,6,8-10,15,23,26H,5,7,11H2,1H3,(H,22,24). The Balaban J connectivity index is 1.47. The predicted octanol–water partition coefficient (Wildman–Crippen LogP) is 4.04. The number of aryl methyl sites for hydroxylation is 1. The topological polar surface area (TPSA) is 81.2 Å².